The summed E-state index contributed by atoms with van der Waals surface area (Å²) in [4.78, 5) is 27.5. The average molecular weight is 399 g/mol. The highest BCUT2D eigenvalue weighted by molar-refractivity contribution is 6.11. The summed E-state index contributed by atoms with van der Waals surface area (Å²) in [5.41, 5.74) is 0.0806. The van der Waals surface area contributed by atoms with E-state index in [-0.39, 0.29) is 17.9 Å². The number of carbonyl (C=O) groups excluding carboxylic acids is 2. The van der Waals surface area contributed by atoms with Crippen LogP contribution < -0.4 is 4.90 Å². The molecule has 0 unspecified atom stereocenters. The van der Waals surface area contributed by atoms with Gasteiger partial charge in [-0.2, -0.15) is 0 Å². The fourth-order valence-electron chi connectivity index (χ4n) is 3.75. The van der Waals surface area contributed by atoms with Gasteiger partial charge in [-0.3, -0.25) is 9.59 Å². The molecule has 0 aromatic heterocycles. The van der Waals surface area contributed by atoms with E-state index >= 15 is 0 Å². The Morgan fingerprint density at radius 2 is 1.60 bits per heavy atom. The molecule has 0 aliphatic carbocycles. The van der Waals surface area contributed by atoms with Crippen molar-refractivity contribution < 1.29 is 19.8 Å². The van der Waals surface area contributed by atoms with Gasteiger partial charge in [-0.25, -0.2) is 0 Å². The summed E-state index contributed by atoms with van der Waals surface area (Å²) in [5.74, 6) is -1.22. The predicted molar refractivity (Wildman–Crippen MR) is 115 cm³/mol. The topological polar surface area (TPSA) is 77.8 Å². The molecule has 5 nitrogen and oxygen atoms in total. The molecule has 0 bridgehead atoms. The van der Waals surface area contributed by atoms with Gasteiger partial charge in [-0.05, 0) is 23.8 Å². The molecule has 3 aromatic carbocycles. The van der Waals surface area contributed by atoms with Crippen LogP contribution in [-0.4, -0.2) is 28.4 Å². The third-order valence-corrected chi connectivity index (χ3v) is 5.26. The van der Waals surface area contributed by atoms with Gasteiger partial charge in [-0.1, -0.05) is 72.8 Å². The molecule has 0 spiro atoms. The van der Waals surface area contributed by atoms with E-state index in [1.165, 1.54) is 17.0 Å². The molecule has 0 fully saturated rings. The molecule has 1 heterocycles. The van der Waals surface area contributed by atoms with Crippen molar-refractivity contribution in [1.29, 1.82) is 0 Å². The van der Waals surface area contributed by atoms with Crippen LogP contribution in [0.2, 0.25) is 0 Å². The molecular weight excluding hydrogens is 378 g/mol. The van der Waals surface area contributed by atoms with Gasteiger partial charge in [-0.15, -0.1) is 0 Å². The van der Waals surface area contributed by atoms with Crippen molar-refractivity contribution in [2.45, 2.75) is 12.0 Å². The summed E-state index contributed by atoms with van der Waals surface area (Å²) >= 11 is 0. The maximum atomic E-state index is 13.2. The van der Waals surface area contributed by atoms with E-state index in [1.807, 2.05) is 42.5 Å². The van der Waals surface area contributed by atoms with Crippen molar-refractivity contribution in [2.75, 3.05) is 11.4 Å². The number of Topliss-reactive ketones (excluding diaryl/α,β-unsaturated/α-hetero) is 1. The number of ketones is 1. The monoisotopic (exact) mass is 399 g/mol. The number of aromatic hydroxyl groups is 1. The minimum Gasteiger partial charge on any atom is -0.507 e. The summed E-state index contributed by atoms with van der Waals surface area (Å²) in [6, 6.07) is 22.8. The summed E-state index contributed by atoms with van der Waals surface area (Å²) in [5, 5.41) is 21.3. The number of fused-ring (bicyclic) bond motifs is 1. The molecule has 5 heteroatoms. The third kappa shape index (κ3) is 3.51. The lowest BCUT2D eigenvalue weighted by Gasteiger charge is -2.22. The zero-order valence-electron chi connectivity index (χ0n) is 16.2. The number of phenolic OH excluding ortho intramolecular Hbond substituents is 1. The second-order valence-electron chi connectivity index (χ2n) is 7.22. The van der Waals surface area contributed by atoms with Gasteiger partial charge in [0.25, 0.3) is 5.91 Å². The van der Waals surface area contributed by atoms with E-state index < -0.39 is 23.7 Å². The first-order valence-corrected chi connectivity index (χ1v) is 9.67. The van der Waals surface area contributed by atoms with Gasteiger partial charge in [0.2, 0.25) is 0 Å². The maximum Gasteiger partial charge on any atom is 0.264 e. The van der Waals surface area contributed by atoms with Crippen LogP contribution in [0, 0.1) is 0 Å². The summed E-state index contributed by atoms with van der Waals surface area (Å²) in [6.45, 7) is 0.262. The Morgan fingerprint density at radius 1 is 0.933 bits per heavy atom. The Hall–Kier alpha value is -3.70. The number of benzene rings is 3. The lowest BCUT2D eigenvalue weighted by Crippen LogP contribution is -2.42. The van der Waals surface area contributed by atoms with Crippen molar-refractivity contribution in [1.82, 2.24) is 0 Å². The van der Waals surface area contributed by atoms with Crippen LogP contribution in [0.1, 0.15) is 27.9 Å². The Bertz CT molecular complexity index is 1120. The number of anilines is 1. The maximum absolute atomic E-state index is 13.2. The molecule has 4 rings (SSSR count). The van der Waals surface area contributed by atoms with Gasteiger partial charge in [0, 0.05) is 12.1 Å². The lowest BCUT2D eigenvalue weighted by atomic mass is 9.88. The summed E-state index contributed by atoms with van der Waals surface area (Å²) in [7, 11) is 0. The summed E-state index contributed by atoms with van der Waals surface area (Å²) < 4.78 is 0. The molecule has 150 valence electrons. The zero-order chi connectivity index (χ0) is 21.1. The highest BCUT2D eigenvalue weighted by atomic mass is 16.3. The van der Waals surface area contributed by atoms with E-state index in [0.29, 0.717) is 11.3 Å². The van der Waals surface area contributed by atoms with Crippen molar-refractivity contribution in [2.24, 2.45) is 0 Å². The molecular formula is C25H21NO4. The molecule has 0 saturated carbocycles. The van der Waals surface area contributed by atoms with E-state index in [9.17, 15) is 19.8 Å². The molecule has 0 radical (unpaired) electrons. The molecule has 1 atom stereocenters. The van der Waals surface area contributed by atoms with Crippen molar-refractivity contribution >= 4 is 23.5 Å². The van der Waals surface area contributed by atoms with Crippen molar-refractivity contribution in [3.63, 3.8) is 0 Å². The molecule has 3 aromatic rings. The first-order valence-electron chi connectivity index (χ1n) is 9.67. The number of hydrogen-bond acceptors (Lipinski definition) is 4. The second kappa shape index (κ2) is 7.97. The van der Waals surface area contributed by atoms with E-state index in [0.717, 1.165) is 5.56 Å². The number of phenols is 1. The van der Waals surface area contributed by atoms with Crippen LogP contribution in [-0.2, 0) is 10.4 Å². The average Bonchev–Trinajstić information content (AvgIpc) is 2.97. The third-order valence-electron chi connectivity index (χ3n) is 5.26. The number of rotatable bonds is 6. The zero-order valence-corrected chi connectivity index (χ0v) is 16.2. The molecule has 1 aliphatic heterocycles. The Balaban J connectivity index is 1.61. The number of hydrogen-bond donors (Lipinski definition) is 2. The fraction of sp³-hybridized carbons (Fsp3) is 0.120. The standard InChI is InChI=1S/C25H21NO4/c27-22-15-7-4-12-19(22)23(28)17-25(30)20-13-5-6-14-21(20)26(24(25)29)16-8-11-18-9-2-1-3-10-18/h1-15,27,30H,16-17H2/b11-8+/t25-/m0/s1. The first kappa shape index (κ1) is 19.6. The molecule has 30 heavy (non-hydrogen) atoms. The quantitative estimate of drug-likeness (QED) is 0.616. The van der Waals surface area contributed by atoms with Gasteiger partial charge >= 0.3 is 0 Å². The van der Waals surface area contributed by atoms with Gasteiger partial charge in [0.05, 0.1) is 17.7 Å². The van der Waals surface area contributed by atoms with Gasteiger partial charge in [0.1, 0.15) is 5.75 Å². The SMILES string of the molecule is O=C(C[C@@]1(O)C(=O)N(C/C=C/c2ccccc2)c2ccccc21)c1ccccc1O. The number of amides is 1. The van der Waals surface area contributed by atoms with Crippen LogP contribution in [0.15, 0.2) is 84.9 Å². The van der Waals surface area contributed by atoms with Crippen LogP contribution >= 0.6 is 0 Å². The number of aliphatic hydroxyl groups is 1. The van der Waals surface area contributed by atoms with E-state index in [2.05, 4.69) is 0 Å². The van der Waals surface area contributed by atoms with Gasteiger partial charge in [0.15, 0.2) is 11.4 Å². The first-order chi connectivity index (χ1) is 14.5. The largest absolute Gasteiger partial charge is 0.507 e. The minimum atomic E-state index is -1.98. The molecule has 1 amide bonds. The molecule has 1 aliphatic rings. The minimum absolute atomic E-state index is 0.0821. The second-order valence-corrected chi connectivity index (χ2v) is 7.22. The van der Waals surface area contributed by atoms with Crippen LogP contribution in [0.5, 0.6) is 5.75 Å². The van der Waals surface area contributed by atoms with Crippen LogP contribution in [0.4, 0.5) is 5.69 Å². The van der Waals surface area contributed by atoms with Crippen LogP contribution in [0.3, 0.4) is 0 Å². The van der Waals surface area contributed by atoms with Gasteiger partial charge < -0.3 is 15.1 Å². The lowest BCUT2D eigenvalue weighted by molar-refractivity contribution is -0.135. The highest BCUT2D eigenvalue weighted by Gasteiger charge is 2.50. The fourth-order valence-corrected chi connectivity index (χ4v) is 3.75. The van der Waals surface area contributed by atoms with E-state index in [1.54, 1.807) is 36.4 Å². The Morgan fingerprint density at radius 3 is 2.37 bits per heavy atom. The van der Waals surface area contributed by atoms with E-state index in [4.69, 9.17) is 0 Å². The number of carbonyl (C=O) groups is 2. The Labute approximate surface area is 174 Å². The van der Waals surface area contributed by atoms with Crippen LogP contribution in [0.25, 0.3) is 6.08 Å². The molecule has 2 N–H and O–H groups in total. The van der Waals surface area contributed by atoms with Crippen molar-refractivity contribution in [3.05, 3.63) is 102 Å². The Kier molecular flexibility index (Phi) is 5.21. The summed E-state index contributed by atoms with van der Waals surface area (Å²) in [6.07, 6.45) is 3.31. The number of nitrogens with zero attached hydrogens (tertiary/aromatic N) is 1. The van der Waals surface area contributed by atoms with Crippen molar-refractivity contribution in [3.8, 4) is 5.75 Å². The number of para-hydroxylation sites is 2. The normalized spacial score (nSPS) is 18.0. The highest BCUT2D eigenvalue weighted by Crippen LogP contribution is 2.43. The molecule has 0 saturated heterocycles. The smallest absolute Gasteiger partial charge is 0.264 e. The predicted octanol–water partition coefficient (Wildman–Crippen LogP) is 3.91.